The van der Waals surface area contributed by atoms with Crippen LogP contribution in [0.2, 0.25) is 0 Å². The maximum Gasteiger partial charge on any atom is 0.164 e. The molecular weight excluding hydrogens is 378 g/mol. The van der Waals surface area contributed by atoms with Gasteiger partial charge in [-0.2, -0.15) is 0 Å². The van der Waals surface area contributed by atoms with Crippen molar-refractivity contribution in [3.05, 3.63) is 79.6 Å². The number of fused-ring (bicyclic) bond motifs is 1. The lowest BCUT2D eigenvalue weighted by Crippen LogP contribution is -1.82. The van der Waals surface area contributed by atoms with Gasteiger partial charge in [0.1, 0.15) is 17.1 Å². The van der Waals surface area contributed by atoms with E-state index in [0.717, 1.165) is 28.1 Å². The van der Waals surface area contributed by atoms with E-state index in [-0.39, 0.29) is 0 Å². The molecule has 2 N–H and O–H groups in total. The molecule has 30 heavy (non-hydrogen) atoms. The fraction of sp³-hybridized carbons (Fsp3) is 0. The molecule has 0 fully saturated rings. The monoisotopic (exact) mass is 393 g/mol. The molecule has 0 amide bonds. The highest BCUT2D eigenvalue weighted by atomic mass is 16.3. The fourth-order valence-electron chi connectivity index (χ4n) is 3.65. The van der Waals surface area contributed by atoms with Gasteiger partial charge in [0.05, 0.1) is 18.7 Å². The second-order valence-corrected chi connectivity index (χ2v) is 6.82. The van der Waals surface area contributed by atoms with E-state index in [1.807, 2.05) is 60.9 Å². The Labute approximate surface area is 170 Å². The summed E-state index contributed by atoms with van der Waals surface area (Å²) in [5.41, 5.74) is 6.72. The number of aromatic amines is 2. The van der Waals surface area contributed by atoms with E-state index < -0.39 is 0 Å². The zero-order valence-electron chi connectivity index (χ0n) is 15.7. The van der Waals surface area contributed by atoms with Crippen molar-refractivity contribution >= 4 is 0 Å². The first-order valence-corrected chi connectivity index (χ1v) is 9.44. The molecule has 2 aliphatic heterocycles. The van der Waals surface area contributed by atoms with E-state index >= 15 is 0 Å². The standard InChI is InChI=1S/C23H15N5O2/c1-3-17(24-9-1)15-7-11-29-22(15)19-6-5-14-20(13-26-19)27-28-21(14)23-16(8-12-30-23)18-4-2-10-25-18/h1-13,24-25H. The average molecular weight is 393 g/mol. The van der Waals surface area contributed by atoms with Gasteiger partial charge in [0.15, 0.2) is 11.5 Å². The van der Waals surface area contributed by atoms with E-state index in [9.17, 15) is 0 Å². The summed E-state index contributed by atoms with van der Waals surface area (Å²) in [7, 11) is 0. The van der Waals surface area contributed by atoms with Gasteiger partial charge in [-0.05, 0) is 48.5 Å². The number of hydrogen-bond donors (Lipinski definition) is 2. The molecule has 0 bridgehead atoms. The molecule has 7 heteroatoms. The van der Waals surface area contributed by atoms with Crippen molar-refractivity contribution in [2.75, 3.05) is 0 Å². The minimum absolute atomic E-state index is 0.665. The first kappa shape index (κ1) is 16.6. The first-order chi connectivity index (χ1) is 14.9. The molecule has 4 aromatic rings. The van der Waals surface area contributed by atoms with Crippen molar-refractivity contribution in [1.82, 2.24) is 25.1 Å². The molecule has 0 aromatic carbocycles. The largest absolute Gasteiger partial charge is 0.462 e. The van der Waals surface area contributed by atoms with Gasteiger partial charge >= 0.3 is 0 Å². The van der Waals surface area contributed by atoms with Crippen LogP contribution in [0.3, 0.4) is 0 Å². The molecule has 0 spiro atoms. The van der Waals surface area contributed by atoms with Crippen LogP contribution in [0.25, 0.3) is 56.7 Å². The summed E-state index contributed by atoms with van der Waals surface area (Å²) in [6, 6.07) is 15.6. The second-order valence-electron chi connectivity index (χ2n) is 6.82. The molecule has 6 rings (SSSR count). The summed E-state index contributed by atoms with van der Waals surface area (Å²) in [5.74, 6) is 1.35. The topological polar surface area (TPSA) is 96.5 Å². The Bertz CT molecular complexity index is 1390. The minimum atomic E-state index is 0.665. The molecule has 0 unspecified atom stereocenters. The van der Waals surface area contributed by atoms with Gasteiger partial charge in [-0.15, -0.1) is 10.2 Å². The third-order valence-corrected chi connectivity index (χ3v) is 5.08. The van der Waals surface area contributed by atoms with E-state index in [0.29, 0.717) is 28.6 Å². The highest BCUT2D eigenvalue weighted by Gasteiger charge is 2.22. The van der Waals surface area contributed by atoms with Crippen LogP contribution in [-0.2, 0) is 0 Å². The Hall–Kier alpha value is -4.39. The van der Waals surface area contributed by atoms with Crippen molar-refractivity contribution in [3.63, 3.8) is 0 Å². The van der Waals surface area contributed by atoms with E-state index in [4.69, 9.17) is 8.83 Å². The number of aromatic nitrogens is 5. The number of furan rings is 2. The van der Waals surface area contributed by atoms with Crippen LogP contribution < -0.4 is 0 Å². The highest BCUT2D eigenvalue weighted by molar-refractivity contribution is 5.86. The van der Waals surface area contributed by atoms with Crippen LogP contribution in [0.4, 0.5) is 0 Å². The number of H-pyrrole nitrogens is 2. The zero-order chi connectivity index (χ0) is 19.9. The van der Waals surface area contributed by atoms with Gasteiger partial charge in [-0.3, -0.25) is 4.98 Å². The molecule has 7 nitrogen and oxygen atoms in total. The Morgan fingerprint density at radius 3 is 2.03 bits per heavy atom. The van der Waals surface area contributed by atoms with Gasteiger partial charge in [-0.1, -0.05) is 0 Å². The lowest BCUT2D eigenvalue weighted by Gasteiger charge is -1.99. The summed E-state index contributed by atoms with van der Waals surface area (Å²) in [4.78, 5) is 11.0. The van der Waals surface area contributed by atoms with E-state index in [1.165, 1.54) is 0 Å². The van der Waals surface area contributed by atoms with Crippen molar-refractivity contribution < 1.29 is 8.83 Å². The summed E-state index contributed by atoms with van der Waals surface area (Å²) in [5, 5.41) is 8.67. The predicted molar refractivity (Wildman–Crippen MR) is 111 cm³/mol. The fourth-order valence-corrected chi connectivity index (χ4v) is 3.65. The van der Waals surface area contributed by atoms with Gasteiger partial charge in [-0.25, -0.2) is 0 Å². The molecule has 0 saturated heterocycles. The highest BCUT2D eigenvalue weighted by Crippen LogP contribution is 2.38. The number of nitrogens with zero attached hydrogens (tertiary/aromatic N) is 3. The maximum atomic E-state index is 5.78. The number of nitrogens with one attached hydrogen (secondary N) is 2. The van der Waals surface area contributed by atoms with Gasteiger partial charge in [0.25, 0.3) is 0 Å². The smallest absolute Gasteiger partial charge is 0.164 e. The van der Waals surface area contributed by atoms with Crippen molar-refractivity contribution in [1.29, 1.82) is 0 Å². The Kier molecular flexibility index (Phi) is 3.64. The minimum Gasteiger partial charge on any atom is -0.462 e. The van der Waals surface area contributed by atoms with Crippen LogP contribution in [0.1, 0.15) is 0 Å². The van der Waals surface area contributed by atoms with Gasteiger partial charge < -0.3 is 18.8 Å². The van der Waals surface area contributed by atoms with Crippen LogP contribution in [-0.4, -0.2) is 25.1 Å². The molecule has 4 aromatic heterocycles. The normalized spacial score (nSPS) is 11.3. The summed E-state index contributed by atoms with van der Waals surface area (Å²) in [6.45, 7) is 0. The number of rotatable bonds is 4. The molecular formula is C23H15N5O2. The molecule has 144 valence electrons. The van der Waals surface area contributed by atoms with Crippen molar-refractivity contribution in [2.24, 2.45) is 0 Å². The van der Waals surface area contributed by atoms with Gasteiger partial charge in [0, 0.05) is 40.5 Å². The lowest BCUT2D eigenvalue weighted by atomic mass is 10.1. The summed E-state index contributed by atoms with van der Waals surface area (Å²) < 4.78 is 11.5. The first-order valence-electron chi connectivity index (χ1n) is 9.44. The SMILES string of the molecule is c1c[nH]c(-c2ccoc2-c2ccc3c(-c4occc4-c4ccc[nH]4)nnc-3cn2)c1. The quantitative estimate of drug-likeness (QED) is 0.413. The Morgan fingerprint density at radius 2 is 1.33 bits per heavy atom. The van der Waals surface area contributed by atoms with Crippen LogP contribution >= 0.6 is 0 Å². The zero-order valence-corrected chi connectivity index (χ0v) is 15.7. The van der Waals surface area contributed by atoms with Crippen LogP contribution in [0, 0.1) is 0 Å². The van der Waals surface area contributed by atoms with Crippen molar-refractivity contribution in [2.45, 2.75) is 0 Å². The summed E-state index contributed by atoms with van der Waals surface area (Å²) >= 11 is 0. The van der Waals surface area contributed by atoms with Crippen LogP contribution in [0.15, 0.2) is 88.5 Å². The third kappa shape index (κ3) is 2.56. The summed E-state index contributed by atoms with van der Waals surface area (Å²) in [6.07, 6.45) is 8.79. The van der Waals surface area contributed by atoms with E-state index in [2.05, 4.69) is 25.1 Å². The van der Waals surface area contributed by atoms with Crippen molar-refractivity contribution in [3.8, 4) is 56.7 Å². The maximum absolute atomic E-state index is 5.78. The van der Waals surface area contributed by atoms with E-state index in [1.54, 1.807) is 18.7 Å². The average Bonchev–Trinajstić information content (AvgIpc) is 3.58. The molecule has 6 heterocycles. The molecule has 0 saturated carbocycles. The number of hydrogen-bond acceptors (Lipinski definition) is 5. The molecule has 0 atom stereocenters. The van der Waals surface area contributed by atoms with Crippen LogP contribution in [0.5, 0.6) is 0 Å². The molecule has 0 aliphatic carbocycles. The lowest BCUT2D eigenvalue weighted by molar-refractivity contribution is 0.580. The molecule has 2 aliphatic rings. The third-order valence-electron chi connectivity index (χ3n) is 5.08. The predicted octanol–water partition coefficient (Wildman–Crippen LogP) is 5.49. The second kappa shape index (κ2) is 6.59. The Morgan fingerprint density at radius 1 is 0.633 bits per heavy atom. The molecule has 0 radical (unpaired) electrons. The van der Waals surface area contributed by atoms with Gasteiger partial charge in [0.2, 0.25) is 0 Å². The Balaban J connectivity index is 1.47.